The first-order chi connectivity index (χ1) is 9.90. The number of aromatic nitrogens is 2. The third kappa shape index (κ3) is 3.38. The molecule has 0 unspecified atom stereocenters. The van der Waals surface area contributed by atoms with Crippen LogP contribution in [0.3, 0.4) is 0 Å². The van der Waals surface area contributed by atoms with Gasteiger partial charge in [0.15, 0.2) is 5.82 Å². The van der Waals surface area contributed by atoms with Gasteiger partial charge in [-0.15, -0.1) is 5.10 Å². The monoisotopic (exact) mass is 287 g/mol. The zero-order chi connectivity index (χ0) is 15.6. The van der Waals surface area contributed by atoms with Gasteiger partial charge in [-0.3, -0.25) is 0 Å². The van der Waals surface area contributed by atoms with Gasteiger partial charge in [0.2, 0.25) is 0 Å². The second-order valence-electron chi connectivity index (χ2n) is 5.76. The number of hydrogen-bond acceptors (Lipinski definition) is 3. The summed E-state index contributed by atoms with van der Waals surface area (Å²) in [6.07, 6.45) is 0. The van der Waals surface area contributed by atoms with E-state index in [0.29, 0.717) is 12.5 Å². The van der Waals surface area contributed by atoms with E-state index in [-0.39, 0.29) is 5.82 Å². The summed E-state index contributed by atoms with van der Waals surface area (Å²) in [7, 11) is 0. The van der Waals surface area contributed by atoms with Gasteiger partial charge < -0.3 is 5.32 Å². The second kappa shape index (κ2) is 6.20. The molecule has 4 heteroatoms. The molecule has 21 heavy (non-hydrogen) atoms. The Morgan fingerprint density at radius 1 is 1.10 bits per heavy atom. The predicted octanol–water partition coefficient (Wildman–Crippen LogP) is 4.28. The molecular weight excluding hydrogens is 265 g/mol. The molecule has 2 rings (SSSR count). The van der Waals surface area contributed by atoms with Crippen LogP contribution in [-0.2, 0) is 6.54 Å². The fourth-order valence-corrected chi connectivity index (χ4v) is 2.38. The molecule has 0 amide bonds. The zero-order valence-corrected chi connectivity index (χ0v) is 13.3. The van der Waals surface area contributed by atoms with Gasteiger partial charge in [-0.25, -0.2) is 4.39 Å². The van der Waals surface area contributed by atoms with Crippen molar-refractivity contribution in [3.63, 3.8) is 0 Å². The van der Waals surface area contributed by atoms with Crippen LogP contribution in [0.2, 0.25) is 0 Å². The Labute approximate surface area is 125 Å². The lowest BCUT2D eigenvalue weighted by molar-refractivity contribution is 0.625. The maximum atomic E-state index is 13.1. The maximum Gasteiger partial charge on any atom is 0.152 e. The minimum Gasteiger partial charge on any atom is -0.364 e. The summed E-state index contributed by atoms with van der Waals surface area (Å²) in [5.41, 5.74) is 5.33. The van der Waals surface area contributed by atoms with Gasteiger partial charge in [0.1, 0.15) is 5.82 Å². The largest absolute Gasteiger partial charge is 0.364 e. The first-order valence-corrected chi connectivity index (χ1v) is 7.22. The van der Waals surface area contributed by atoms with Crippen LogP contribution in [-0.4, -0.2) is 10.2 Å². The van der Waals surface area contributed by atoms with Crippen molar-refractivity contribution in [3.8, 4) is 0 Å². The average Bonchev–Trinajstić information content (AvgIpc) is 2.41. The summed E-state index contributed by atoms with van der Waals surface area (Å²) in [5, 5.41) is 11.9. The Hall–Kier alpha value is -1.97. The van der Waals surface area contributed by atoms with Crippen LogP contribution >= 0.6 is 0 Å². The van der Waals surface area contributed by atoms with E-state index in [4.69, 9.17) is 0 Å². The third-order valence-electron chi connectivity index (χ3n) is 3.86. The normalized spacial score (nSPS) is 11.0. The molecule has 0 aliphatic heterocycles. The molecule has 0 spiro atoms. The number of halogens is 1. The molecule has 3 nitrogen and oxygen atoms in total. The second-order valence-corrected chi connectivity index (χ2v) is 5.76. The Bertz CT molecular complexity index is 651. The number of rotatable bonds is 4. The fraction of sp³-hybridized carbons (Fsp3) is 0.412. The van der Waals surface area contributed by atoms with Crippen molar-refractivity contribution in [3.05, 3.63) is 52.0 Å². The van der Waals surface area contributed by atoms with Gasteiger partial charge in [0, 0.05) is 6.54 Å². The summed E-state index contributed by atoms with van der Waals surface area (Å²) in [5.74, 6) is 0.953. The van der Waals surface area contributed by atoms with Crippen LogP contribution in [0, 0.1) is 26.6 Å². The summed E-state index contributed by atoms with van der Waals surface area (Å²) in [6.45, 7) is 10.9. The lowest BCUT2D eigenvalue weighted by Gasteiger charge is -2.15. The van der Waals surface area contributed by atoms with E-state index in [0.717, 1.165) is 28.2 Å². The van der Waals surface area contributed by atoms with E-state index >= 15 is 0 Å². The maximum absolute atomic E-state index is 13.1. The highest BCUT2D eigenvalue weighted by atomic mass is 19.1. The molecule has 1 heterocycles. The lowest BCUT2D eigenvalue weighted by Crippen LogP contribution is -2.09. The molecule has 112 valence electrons. The number of nitrogens with one attached hydrogen (secondary N) is 1. The first-order valence-electron chi connectivity index (χ1n) is 7.22. The summed E-state index contributed by atoms with van der Waals surface area (Å²) in [4.78, 5) is 0. The molecule has 1 aromatic carbocycles. The molecule has 0 aliphatic carbocycles. The summed E-state index contributed by atoms with van der Waals surface area (Å²) >= 11 is 0. The van der Waals surface area contributed by atoms with Gasteiger partial charge >= 0.3 is 0 Å². The number of aryl methyl sites for hydroxylation is 1. The predicted molar refractivity (Wildman–Crippen MR) is 84.1 cm³/mol. The van der Waals surface area contributed by atoms with E-state index in [1.807, 2.05) is 6.92 Å². The molecule has 0 aliphatic rings. The van der Waals surface area contributed by atoms with Crippen molar-refractivity contribution in [1.29, 1.82) is 0 Å². The molecule has 0 fully saturated rings. The Morgan fingerprint density at radius 3 is 2.43 bits per heavy atom. The van der Waals surface area contributed by atoms with Gasteiger partial charge in [-0.05, 0) is 61.1 Å². The van der Waals surface area contributed by atoms with Gasteiger partial charge in [-0.1, -0.05) is 19.9 Å². The van der Waals surface area contributed by atoms with Gasteiger partial charge in [0.05, 0.1) is 5.69 Å². The smallest absolute Gasteiger partial charge is 0.152 e. The Balaban J connectivity index is 2.19. The zero-order valence-electron chi connectivity index (χ0n) is 13.3. The third-order valence-corrected chi connectivity index (χ3v) is 3.86. The number of hydrogen-bond donors (Lipinski definition) is 1. The van der Waals surface area contributed by atoms with Crippen molar-refractivity contribution in [2.75, 3.05) is 5.32 Å². The van der Waals surface area contributed by atoms with Crippen molar-refractivity contribution in [1.82, 2.24) is 10.2 Å². The fourth-order valence-electron chi connectivity index (χ4n) is 2.38. The average molecular weight is 287 g/mol. The molecule has 0 bridgehead atoms. The van der Waals surface area contributed by atoms with Crippen molar-refractivity contribution in [2.45, 2.75) is 47.1 Å². The minimum absolute atomic E-state index is 0.204. The van der Waals surface area contributed by atoms with Gasteiger partial charge in [-0.2, -0.15) is 5.10 Å². The van der Waals surface area contributed by atoms with E-state index in [1.165, 1.54) is 11.6 Å². The van der Waals surface area contributed by atoms with Crippen LogP contribution < -0.4 is 5.32 Å². The van der Waals surface area contributed by atoms with E-state index in [9.17, 15) is 4.39 Å². The molecule has 0 radical (unpaired) electrons. The summed E-state index contributed by atoms with van der Waals surface area (Å²) in [6, 6.07) is 4.83. The number of anilines is 1. The van der Waals surface area contributed by atoms with Crippen LogP contribution in [0.1, 0.15) is 47.7 Å². The van der Waals surface area contributed by atoms with Gasteiger partial charge in [0.25, 0.3) is 0 Å². The molecule has 0 saturated heterocycles. The van der Waals surface area contributed by atoms with Crippen LogP contribution in [0.15, 0.2) is 18.2 Å². The molecule has 2 aromatic rings. The van der Waals surface area contributed by atoms with Crippen molar-refractivity contribution in [2.24, 2.45) is 0 Å². The first kappa shape index (κ1) is 15.4. The van der Waals surface area contributed by atoms with Crippen LogP contribution in [0.25, 0.3) is 0 Å². The topological polar surface area (TPSA) is 37.8 Å². The van der Waals surface area contributed by atoms with Crippen molar-refractivity contribution >= 4 is 5.82 Å². The Morgan fingerprint density at radius 2 is 1.81 bits per heavy atom. The van der Waals surface area contributed by atoms with Crippen LogP contribution in [0.4, 0.5) is 10.2 Å². The van der Waals surface area contributed by atoms with E-state index in [1.54, 1.807) is 12.1 Å². The minimum atomic E-state index is -0.204. The van der Waals surface area contributed by atoms with Crippen molar-refractivity contribution < 1.29 is 4.39 Å². The summed E-state index contributed by atoms with van der Waals surface area (Å²) < 4.78 is 13.1. The molecular formula is C17H22FN3. The quantitative estimate of drug-likeness (QED) is 0.912. The molecule has 0 atom stereocenters. The SMILES string of the molecule is Cc1cc(F)ccc1CNc1nnc(C(C)C)c(C)c1C. The van der Waals surface area contributed by atoms with E-state index < -0.39 is 0 Å². The van der Waals surface area contributed by atoms with Crippen LogP contribution in [0.5, 0.6) is 0 Å². The highest BCUT2D eigenvalue weighted by Crippen LogP contribution is 2.23. The highest BCUT2D eigenvalue weighted by Gasteiger charge is 2.12. The standard InChI is InChI=1S/C17H22FN3/c1-10(2)16-12(4)13(5)17(21-20-16)19-9-14-6-7-15(18)8-11(14)3/h6-8,10H,9H2,1-5H3,(H,19,21). The molecule has 1 aromatic heterocycles. The molecule has 1 N–H and O–H groups in total. The Kier molecular flexibility index (Phi) is 4.56. The number of nitrogens with zero attached hydrogens (tertiary/aromatic N) is 2. The highest BCUT2D eigenvalue weighted by molar-refractivity contribution is 5.48. The molecule has 0 saturated carbocycles. The number of benzene rings is 1. The lowest BCUT2D eigenvalue weighted by atomic mass is 10.0. The van der Waals surface area contributed by atoms with E-state index in [2.05, 4.69) is 43.2 Å².